The van der Waals surface area contributed by atoms with Crippen LogP contribution in [0.5, 0.6) is 0 Å². The molecule has 0 spiro atoms. The average molecular weight is 298 g/mol. The van der Waals surface area contributed by atoms with Crippen molar-refractivity contribution < 1.29 is 9.59 Å². The number of aryl methyl sites for hydroxylation is 1. The van der Waals surface area contributed by atoms with Gasteiger partial charge in [-0.25, -0.2) is 4.98 Å². The van der Waals surface area contributed by atoms with Crippen LogP contribution in [0.25, 0.3) is 0 Å². The Labute approximate surface area is 128 Å². The molecule has 2 heterocycles. The van der Waals surface area contributed by atoms with Crippen LogP contribution in [0.1, 0.15) is 19.0 Å². The second-order valence-corrected chi connectivity index (χ2v) is 5.56. The zero-order valence-corrected chi connectivity index (χ0v) is 12.4. The number of anilines is 2. The Hall–Kier alpha value is -2.63. The molecule has 22 heavy (non-hydrogen) atoms. The summed E-state index contributed by atoms with van der Waals surface area (Å²) in [5.41, 5.74) is 7.84. The van der Waals surface area contributed by atoms with E-state index >= 15 is 0 Å². The lowest BCUT2D eigenvalue weighted by molar-refractivity contribution is -0.128. The Morgan fingerprint density at radius 1 is 1.41 bits per heavy atom. The predicted molar refractivity (Wildman–Crippen MR) is 83.1 cm³/mol. The van der Waals surface area contributed by atoms with E-state index in [1.165, 1.54) is 11.8 Å². The minimum Gasteiger partial charge on any atom is -0.399 e. The van der Waals surface area contributed by atoms with Gasteiger partial charge in [-0.15, -0.1) is 0 Å². The average Bonchev–Trinajstić information content (AvgIpc) is 2.94. The Bertz CT molecular complexity index is 722. The Balaban J connectivity index is 1.87. The molecule has 6 heteroatoms. The standard InChI is InChI=1S/C16H18N4O2/c1-11(21)20(14-4-2-3-13(17)8-14)16(22)12-5-6-19-10-18-9-15(19)7-12/h2-4,8-10,12H,5-7,17H2,1H3. The first-order valence-electron chi connectivity index (χ1n) is 7.25. The molecule has 0 radical (unpaired) electrons. The van der Waals surface area contributed by atoms with Crippen LogP contribution < -0.4 is 10.6 Å². The molecule has 0 bridgehead atoms. The van der Waals surface area contributed by atoms with Crippen molar-refractivity contribution in [1.29, 1.82) is 0 Å². The van der Waals surface area contributed by atoms with Gasteiger partial charge in [0.2, 0.25) is 11.8 Å². The van der Waals surface area contributed by atoms with Gasteiger partial charge in [0.15, 0.2) is 0 Å². The fourth-order valence-corrected chi connectivity index (χ4v) is 2.89. The zero-order chi connectivity index (χ0) is 15.7. The van der Waals surface area contributed by atoms with Crippen LogP contribution in [0.2, 0.25) is 0 Å². The molecule has 2 amide bonds. The number of hydrogen-bond donors (Lipinski definition) is 1. The minimum atomic E-state index is -0.297. The summed E-state index contributed by atoms with van der Waals surface area (Å²) in [6, 6.07) is 6.84. The molecule has 1 aromatic carbocycles. The van der Waals surface area contributed by atoms with Crippen molar-refractivity contribution in [2.24, 2.45) is 5.92 Å². The fourth-order valence-electron chi connectivity index (χ4n) is 2.89. The molecule has 0 saturated heterocycles. The first kappa shape index (κ1) is 14.3. The first-order chi connectivity index (χ1) is 10.6. The van der Waals surface area contributed by atoms with Gasteiger partial charge in [0.1, 0.15) is 0 Å². The molecule has 0 fully saturated rings. The quantitative estimate of drug-likeness (QED) is 0.854. The van der Waals surface area contributed by atoms with Gasteiger partial charge in [0, 0.05) is 43.4 Å². The topological polar surface area (TPSA) is 81.2 Å². The maximum atomic E-state index is 12.8. The van der Waals surface area contributed by atoms with Crippen LogP contribution in [0.15, 0.2) is 36.8 Å². The predicted octanol–water partition coefficient (Wildman–Crippen LogP) is 1.61. The van der Waals surface area contributed by atoms with Gasteiger partial charge in [-0.05, 0) is 24.6 Å². The van der Waals surface area contributed by atoms with Crippen LogP contribution in [0, 0.1) is 5.92 Å². The molecule has 2 N–H and O–H groups in total. The van der Waals surface area contributed by atoms with Crippen molar-refractivity contribution in [3.8, 4) is 0 Å². The molecule has 6 nitrogen and oxygen atoms in total. The number of carbonyl (C=O) groups excluding carboxylic acids is 2. The largest absolute Gasteiger partial charge is 0.399 e. The van der Waals surface area contributed by atoms with E-state index in [1.807, 2.05) is 4.57 Å². The molecule has 0 aliphatic carbocycles. The highest BCUT2D eigenvalue weighted by Gasteiger charge is 2.31. The number of nitrogens with zero attached hydrogens (tertiary/aromatic N) is 3. The van der Waals surface area contributed by atoms with E-state index < -0.39 is 0 Å². The maximum Gasteiger partial charge on any atom is 0.237 e. The van der Waals surface area contributed by atoms with E-state index in [0.29, 0.717) is 24.2 Å². The van der Waals surface area contributed by atoms with Crippen molar-refractivity contribution in [2.45, 2.75) is 26.3 Å². The summed E-state index contributed by atoms with van der Waals surface area (Å²) >= 11 is 0. The van der Waals surface area contributed by atoms with Crippen molar-refractivity contribution >= 4 is 23.2 Å². The van der Waals surface area contributed by atoms with Crippen molar-refractivity contribution in [1.82, 2.24) is 9.55 Å². The molecule has 114 valence electrons. The molecule has 1 aromatic heterocycles. The number of rotatable bonds is 2. The SMILES string of the molecule is CC(=O)N(C(=O)C1CCn2cncc2C1)c1cccc(N)c1. The fraction of sp³-hybridized carbons (Fsp3) is 0.312. The van der Waals surface area contributed by atoms with Gasteiger partial charge in [0.25, 0.3) is 0 Å². The third-order valence-corrected chi connectivity index (χ3v) is 3.99. The highest BCUT2D eigenvalue weighted by Crippen LogP contribution is 2.26. The number of carbonyl (C=O) groups is 2. The molecule has 1 atom stereocenters. The summed E-state index contributed by atoms with van der Waals surface area (Å²) in [6.45, 7) is 2.14. The number of fused-ring (bicyclic) bond motifs is 1. The van der Waals surface area contributed by atoms with Crippen molar-refractivity contribution in [3.63, 3.8) is 0 Å². The third-order valence-electron chi connectivity index (χ3n) is 3.99. The van der Waals surface area contributed by atoms with Gasteiger partial charge in [-0.1, -0.05) is 6.07 Å². The van der Waals surface area contributed by atoms with Crippen LogP contribution in [-0.4, -0.2) is 21.4 Å². The Morgan fingerprint density at radius 2 is 2.23 bits per heavy atom. The second-order valence-electron chi connectivity index (χ2n) is 5.56. The Kier molecular flexibility index (Phi) is 3.66. The van der Waals surface area contributed by atoms with Crippen molar-refractivity contribution in [3.05, 3.63) is 42.5 Å². The highest BCUT2D eigenvalue weighted by molar-refractivity contribution is 6.15. The lowest BCUT2D eigenvalue weighted by Crippen LogP contribution is -2.42. The lowest BCUT2D eigenvalue weighted by atomic mass is 9.94. The van der Waals surface area contributed by atoms with Crippen LogP contribution >= 0.6 is 0 Å². The number of benzene rings is 1. The molecular formula is C16H18N4O2. The number of aromatic nitrogens is 2. The smallest absolute Gasteiger partial charge is 0.237 e. The van der Waals surface area contributed by atoms with E-state index in [-0.39, 0.29) is 17.7 Å². The molecule has 1 aliphatic heterocycles. The van der Waals surface area contributed by atoms with E-state index in [0.717, 1.165) is 12.2 Å². The molecule has 3 rings (SSSR count). The van der Waals surface area contributed by atoms with Crippen LogP contribution in [-0.2, 0) is 22.6 Å². The molecule has 2 aromatic rings. The lowest BCUT2D eigenvalue weighted by Gasteiger charge is -2.28. The van der Waals surface area contributed by atoms with E-state index in [4.69, 9.17) is 5.73 Å². The van der Waals surface area contributed by atoms with Gasteiger partial charge in [-0.2, -0.15) is 0 Å². The van der Waals surface area contributed by atoms with E-state index in [1.54, 1.807) is 36.8 Å². The highest BCUT2D eigenvalue weighted by atomic mass is 16.2. The van der Waals surface area contributed by atoms with Gasteiger partial charge < -0.3 is 10.3 Å². The van der Waals surface area contributed by atoms with Gasteiger partial charge in [0.05, 0.1) is 12.0 Å². The number of hydrogen-bond acceptors (Lipinski definition) is 4. The normalized spacial score (nSPS) is 16.9. The van der Waals surface area contributed by atoms with Gasteiger partial charge in [-0.3, -0.25) is 14.5 Å². The van der Waals surface area contributed by atoms with Crippen molar-refractivity contribution in [2.75, 3.05) is 10.6 Å². The summed E-state index contributed by atoms with van der Waals surface area (Å²) in [6.07, 6.45) is 4.86. The summed E-state index contributed by atoms with van der Waals surface area (Å²) in [5.74, 6) is -0.685. The number of imidazole rings is 1. The monoisotopic (exact) mass is 298 g/mol. The second kappa shape index (κ2) is 5.63. The van der Waals surface area contributed by atoms with Gasteiger partial charge >= 0.3 is 0 Å². The summed E-state index contributed by atoms with van der Waals surface area (Å²) in [7, 11) is 0. The van der Waals surface area contributed by atoms with Crippen LogP contribution in [0.4, 0.5) is 11.4 Å². The molecular weight excluding hydrogens is 280 g/mol. The number of amides is 2. The first-order valence-corrected chi connectivity index (χ1v) is 7.25. The molecule has 1 unspecified atom stereocenters. The number of nitrogen functional groups attached to an aromatic ring is 1. The zero-order valence-electron chi connectivity index (χ0n) is 12.4. The third kappa shape index (κ3) is 2.59. The van der Waals surface area contributed by atoms with E-state index in [9.17, 15) is 9.59 Å². The number of imide groups is 1. The maximum absolute atomic E-state index is 12.8. The minimum absolute atomic E-state index is 0.175. The summed E-state index contributed by atoms with van der Waals surface area (Å²) in [4.78, 5) is 30.1. The summed E-state index contributed by atoms with van der Waals surface area (Å²) in [5, 5.41) is 0. The number of nitrogens with two attached hydrogens (primary N) is 1. The molecule has 1 aliphatic rings. The van der Waals surface area contributed by atoms with E-state index in [2.05, 4.69) is 4.98 Å². The Morgan fingerprint density at radius 3 is 2.95 bits per heavy atom. The molecule has 0 saturated carbocycles. The summed E-state index contributed by atoms with van der Waals surface area (Å²) < 4.78 is 2.04. The van der Waals surface area contributed by atoms with Crippen LogP contribution in [0.3, 0.4) is 0 Å².